The Hall–Kier alpha value is -1.50. The van der Waals surface area contributed by atoms with Crippen LogP contribution in [-0.2, 0) is 11.3 Å². The Morgan fingerprint density at radius 1 is 1.36 bits per heavy atom. The Morgan fingerprint density at radius 3 is 2.91 bits per heavy atom. The summed E-state index contributed by atoms with van der Waals surface area (Å²) in [7, 11) is 0. The number of aromatic amines is 1. The van der Waals surface area contributed by atoms with Crippen LogP contribution in [0.3, 0.4) is 0 Å². The van der Waals surface area contributed by atoms with Gasteiger partial charge >= 0.3 is 0 Å². The van der Waals surface area contributed by atoms with Crippen molar-refractivity contribution < 1.29 is 14.2 Å². The molecule has 1 saturated heterocycles. The number of aromatic nitrogens is 2. The summed E-state index contributed by atoms with van der Waals surface area (Å²) >= 11 is 0. The summed E-state index contributed by atoms with van der Waals surface area (Å²) in [5.74, 6) is 0.524. The number of nitrogens with zero attached hydrogens (tertiary/aromatic N) is 2. The fourth-order valence-electron chi connectivity index (χ4n) is 2.88. The third-order valence-corrected chi connectivity index (χ3v) is 4.08. The molecule has 1 fully saturated rings. The molecular formula is C16H22FN3O2. The Labute approximate surface area is 129 Å². The number of fused-ring (bicyclic) bond motifs is 1. The first-order chi connectivity index (χ1) is 10.8. The largest absolute Gasteiger partial charge is 0.396 e. The molecule has 0 spiro atoms. The number of imidazole rings is 1. The smallest absolute Gasteiger partial charge is 0.151 e. The number of benzene rings is 1. The highest BCUT2D eigenvalue weighted by atomic mass is 19.1. The number of hydrogen-bond acceptors (Lipinski definition) is 4. The van der Waals surface area contributed by atoms with Crippen LogP contribution in [0, 0.1) is 5.82 Å². The number of nitrogens with one attached hydrogen (secondary N) is 1. The molecule has 5 nitrogen and oxygen atoms in total. The molecule has 2 N–H and O–H groups in total. The number of piperidine rings is 1. The van der Waals surface area contributed by atoms with Crippen LogP contribution in [0.15, 0.2) is 18.2 Å². The van der Waals surface area contributed by atoms with E-state index in [9.17, 15) is 4.39 Å². The normalized spacial score (nSPS) is 17.4. The second-order valence-electron chi connectivity index (χ2n) is 5.74. The van der Waals surface area contributed by atoms with Crippen LogP contribution in [0.25, 0.3) is 11.0 Å². The molecule has 1 aromatic heterocycles. The Kier molecular flexibility index (Phi) is 5.02. The summed E-state index contributed by atoms with van der Waals surface area (Å²) in [5.41, 5.74) is 1.16. The molecule has 120 valence electrons. The summed E-state index contributed by atoms with van der Waals surface area (Å²) in [6.45, 7) is 3.41. The van der Waals surface area contributed by atoms with Crippen molar-refractivity contribution in [2.45, 2.75) is 31.9 Å². The van der Waals surface area contributed by atoms with Crippen molar-refractivity contribution >= 4 is 11.0 Å². The molecule has 22 heavy (non-hydrogen) atoms. The summed E-state index contributed by atoms with van der Waals surface area (Å²) in [5, 5.41) is 8.76. The zero-order chi connectivity index (χ0) is 15.4. The van der Waals surface area contributed by atoms with Crippen molar-refractivity contribution in [3.05, 3.63) is 29.8 Å². The maximum absolute atomic E-state index is 13.6. The summed E-state index contributed by atoms with van der Waals surface area (Å²) < 4.78 is 19.4. The quantitative estimate of drug-likeness (QED) is 0.802. The van der Waals surface area contributed by atoms with Gasteiger partial charge in [0.1, 0.15) is 11.3 Å². The minimum Gasteiger partial charge on any atom is -0.396 e. The predicted octanol–water partition coefficient (Wildman–Crippen LogP) is 2.07. The molecule has 0 atom stereocenters. The second-order valence-corrected chi connectivity index (χ2v) is 5.74. The molecule has 0 aliphatic carbocycles. The van der Waals surface area contributed by atoms with Crippen molar-refractivity contribution in [1.29, 1.82) is 0 Å². The molecule has 1 aliphatic heterocycles. The molecule has 1 aliphatic rings. The third-order valence-electron chi connectivity index (χ3n) is 4.08. The van der Waals surface area contributed by atoms with E-state index in [1.54, 1.807) is 6.07 Å². The van der Waals surface area contributed by atoms with Crippen LogP contribution in [-0.4, -0.2) is 52.4 Å². The van der Waals surface area contributed by atoms with E-state index in [-0.39, 0.29) is 18.5 Å². The molecule has 0 unspecified atom stereocenters. The maximum atomic E-state index is 13.6. The number of aliphatic hydroxyl groups is 1. The highest BCUT2D eigenvalue weighted by molar-refractivity contribution is 5.75. The van der Waals surface area contributed by atoms with Gasteiger partial charge < -0.3 is 14.8 Å². The molecule has 1 aromatic carbocycles. The molecule has 6 heteroatoms. The van der Waals surface area contributed by atoms with Crippen molar-refractivity contribution in [3.8, 4) is 0 Å². The van der Waals surface area contributed by atoms with Gasteiger partial charge in [-0.3, -0.25) is 4.90 Å². The lowest BCUT2D eigenvalue weighted by atomic mass is 10.1. The lowest BCUT2D eigenvalue weighted by Crippen LogP contribution is -2.37. The van der Waals surface area contributed by atoms with Gasteiger partial charge in [0.15, 0.2) is 5.82 Å². The zero-order valence-corrected chi connectivity index (χ0v) is 12.6. The first-order valence-electron chi connectivity index (χ1n) is 7.84. The highest BCUT2D eigenvalue weighted by Crippen LogP contribution is 2.18. The average Bonchev–Trinajstić information content (AvgIpc) is 2.93. The lowest BCUT2D eigenvalue weighted by Gasteiger charge is -2.31. The standard InChI is InChI=1S/C16H22FN3O2/c17-13-3-1-4-14-16(13)19-15(18-14)11-20-7-5-12(6-8-20)22-10-2-9-21/h1,3-4,12,21H,2,5-11H2,(H,18,19). The van der Waals surface area contributed by atoms with Gasteiger partial charge in [0.25, 0.3) is 0 Å². The topological polar surface area (TPSA) is 61.4 Å². The van der Waals surface area contributed by atoms with Crippen molar-refractivity contribution in [2.75, 3.05) is 26.3 Å². The zero-order valence-electron chi connectivity index (χ0n) is 12.6. The van der Waals surface area contributed by atoms with E-state index in [0.29, 0.717) is 25.1 Å². The van der Waals surface area contributed by atoms with Crippen LogP contribution in [0.5, 0.6) is 0 Å². The summed E-state index contributed by atoms with van der Waals surface area (Å²) in [6.07, 6.45) is 2.96. The van der Waals surface area contributed by atoms with Gasteiger partial charge in [0.05, 0.1) is 18.2 Å². The van der Waals surface area contributed by atoms with Gasteiger partial charge in [-0.2, -0.15) is 0 Å². The SMILES string of the molecule is OCCCOC1CCN(Cc2nc3c(F)cccc3[nH]2)CC1. The van der Waals surface area contributed by atoms with E-state index in [1.807, 2.05) is 6.07 Å². The average molecular weight is 307 g/mol. The number of halogens is 1. The van der Waals surface area contributed by atoms with Gasteiger partial charge in [-0.15, -0.1) is 0 Å². The minimum atomic E-state index is -0.281. The van der Waals surface area contributed by atoms with E-state index in [1.165, 1.54) is 6.07 Å². The van der Waals surface area contributed by atoms with Crippen molar-refractivity contribution in [2.24, 2.45) is 0 Å². The monoisotopic (exact) mass is 307 g/mol. The van der Waals surface area contributed by atoms with Crippen LogP contribution in [0.2, 0.25) is 0 Å². The van der Waals surface area contributed by atoms with Gasteiger partial charge in [-0.1, -0.05) is 6.07 Å². The molecule has 2 aromatic rings. The Morgan fingerprint density at radius 2 is 2.18 bits per heavy atom. The van der Waals surface area contributed by atoms with Crippen molar-refractivity contribution in [3.63, 3.8) is 0 Å². The number of para-hydroxylation sites is 1. The van der Waals surface area contributed by atoms with E-state index in [2.05, 4.69) is 14.9 Å². The van der Waals surface area contributed by atoms with E-state index >= 15 is 0 Å². The lowest BCUT2D eigenvalue weighted by molar-refractivity contribution is 0.000400. The Balaban J connectivity index is 1.52. The second kappa shape index (κ2) is 7.17. The van der Waals surface area contributed by atoms with Gasteiger partial charge in [0, 0.05) is 26.3 Å². The molecule has 3 rings (SSSR count). The van der Waals surface area contributed by atoms with Crippen LogP contribution < -0.4 is 0 Å². The number of rotatable bonds is 6. The molecule has 2 heterocycles. The molecule has 0 amide bonds. The minimum absolute atomic E-state index is 0.182. The number of ether oxygens (including phenoxy) is 1. The van der Waals surface area contributed by atoms with Gasteiger partial charge in [-0.05, 0) is 31.4 Å². The summed E-state index contributed by atoms with van der Waals surface area (Å²) in [6, 6.07) is 4.97. The first kappa shape index (κ1) is 15.4. The summed E-state index contributed by atoms with van der Waals surface area (Å²) in [4.78, 5) is 9.85. The van der Waals surface area contributed by atoms with Crippen molar-refractivity contribution in [1.82, 2.24) is 14.9 Å². The van der Waals surface area contributed by atoms with Gasteiger partial charge in [-0.25, -0.2) is 9.37 Å². The Bertz CT molecular complexity index is 608. The number of aliphatic hydroxyl groups excluding tert-OH is 1. The maximum Gasteiger partial charge on any atom is 0.151 e. The molecule has 0 radical (unpaired) electrons. The van der Waals surface area contributed by atoms with E-state index in [4.69, 9.17) is 9.84 Å². The van der Waals surface area contributed by atoms with Crippen LogP contribution >= 0.6 is 0 Å². The molecule has 0 saturated carbocycles. The fourth-order valence-corrected chi connectivity index (χ4v) is 2.88. The number of H-pyrrole nitrogens is 1. The van der Waals surface area contributed by atoms with Gasteiger partial charge in [0.2, 0.25) is 0 Å². The number of likely N-dealkylation sites (tertiary alicyclic amines) is 1. The van der Waals surface area contributed by atoms with E-state index < -0.39 is 0 Å². The fraction of sp³-hybridized carbons (Fsp3) is 0.562. The highest BCUT2D eigenvalue weighted by Gasteiger charge is 2.20. The van der Waals surface area contributed by atoms with E-state index in [0.717, 1.165) is 37.3 Å². The molecule has 0 bridgehead atoms. The van der Waals surface area contributed by atoms with Crippen LogP contribution in [0.4, 0.5) is 4.39 Å². The van der Waals surface area contributed by atoms with Crippen LogP contribution in [0.1, 0.15) is 25.1 Å². The predicted molar refractivity (Wildman–Crippen MR) is 82.0 cm³/mol. The number of hydrogen-bond donors (Lipinski definition) is 2. The third kappa shape index (κ3) is 3.63. The first-order valence-corrected chi connectivity index (χ1v) is 7.84. The molecular weight excluding hydrogens is 285 g/mol.